The van der Waals surface area contributed by atoms with Gasteiger partial charge in [0.05, 0.1) is 30.3 Å². The molecule has 1 aliphatic heterocycles. The van der Waals surface area contributed by atoms with Crippen LogP contribution in [0.5, 0.6) is 0 Å². The molecule has 2 aromatic carbocycles. The fourth-order valence-corrected chi connectivity index (χ4v) is 5.06. The van der Waals surface area contributed by atoms with Gasteiger partial charge in [-0.3, -0.25) is 24.1 Å². The Morgan fingerprint density at radius 3 is 2.41 bits per heavy atom. The summed E-state index contributed by atoms with van der Waals surface area (Å²) in [7, 11) is 1.14. The van der Waals surface area contributed by atoms with Crippen LogP contribution in [0.2, 0.25) is 0 Å². The van der Waals surface area contributed by atoms with E-state index in [-0.39, 0.29) is 17.7 Å². The van der Waals surface area contributed by atoms with Gasteiger partial charge in [0.15, 0.2) is 5.41 Å². The van der Waals surface area contributed by atoms with Gasteiger partial charge in [-0.05, 0) is 44.5 Å². The summed E-state index contributed by atoms with van der Waals surface area (Å²) in [5.41, 5.74) is -1.87. The molecule has 1 aromatic heterocycles. The molecule has 0 saturated heterocycles. The molecule has 1 unspecified atom stereocenters. The van der Waals surface area contributed by atoms with Gasteiger partial charge in [-0.15, -0.1) is 11.3 Å². The standard InChI is InChI=1S/C25H24N2O6S/c1-24(2,3)33-20(28)13-25(23(31)32-4)16-10-6-5-9-15(16)21(29)27(22(25)30)14-19-26-17-11-7-8-12-18(17)34-19/h5-12H,13-14H2,1-4H3. The van der Waals surface area contributed by atoms with Crippen molar-refractivity contribution in [1.29, 1.82) is 0 Å². The molecule has 0 bridgehead atoms. The number of rotatable bonds is 5. The number of imide groups is 1. The molecule has 176 valence electrons. The fourth-order valence-electron chi connectivity index (χ4n) is 4.10. The number of thiazole rings is 1. The van der Waals surface area contributed by atoms with Crippen molar-refractivity contribution in [3.63, 3.8) is 0 Å². The average molecular weight is 481 g/mol. The largest absolute Gasteiger partial charge is 0.468 e. The minimum absolute atomic E-state index is 0.128. The monoisotopic (exact) mass is 480 g/mol. The van der Waals surface area contributed by atoms with Gasteiger partial charge >= 0.3 is 11.9 Å². The van der Waals surface area contributed by atoms with E-state index in [0.717, 1.165) is 22.2 Å². The molecule has 4 rings (SSSR count). The third kappa shape index (κ3) is 4.07. The lowest BCUT2D eigenvalue weighted by atomic mass is 9.71. The van der Waals surface area contributed by atoms with Crippen molar-refractivity contribution in [2.45, 2.75) is 44.8 Å². The first-order valence-corrected chi connectivity index (χ1v) is 11.5. The zero-order valence-electron chi connectivity index (χ0n) is 19.3. The highest BCUT2D eigenvalue weighted by Crippen LogP contribution is 2.40. The van der Waals surface area contributed by atoms with Crippen LogP contribution in [-0.4, -0.2) is 46.3 Å². The zero-order valence-corrected chi connectivity index (χ0v) is 20.1. The third-order valence-corrected chi connectivity index (χ3v) is 6.49. The highest BCUT2D eigenvalue weighted by atomic mass is 32.1. The van der Waals surface area contributed by atoms with E-state index in [1.54, 1.807) is 32.9 Å². The molecule has 2 heterocycles. The zero-order chi connectivity index (χ0) is 24.7. The minimum atomic E-state index is -2.06. The van der Waals surface area contributed by atoms with Crippen molar-refractivity contribution < 1.29 is 28.7 Å². The molecule has 1 atom stereocenters. The number of fused-ring (bicyclic) bond motifs is 2. The van der Waals surface area contributed by atoms with Crippen molar-refractivity contribution in [3.8, 4) is 0 Å². The topological polar surface area (TPSA) is 103 Å². The summed E-state index contributed by atoms with van der Waals surface area (Å²) >= 11 is 1.35. The molecule has 0 N–H and O–H groups in total. The third-order valence-electron chi connectivity index (χ3n) is 5.47. The molecule has 34 heavy (non-hydrogen) atoms. The maximum Gasteiger partial charge on any atom is 0.326 e. The Morgan fingerprint density at radius 2 is 1.74 bits per heavy atom. The number of esters is 2. The first-order valence-electron chi connectivity index (χ1n) is 10.7. The summed E-state index contributed by atoms with van der Waals surface area (Å²) in [5.74, 6) is -3.09. The maximum atomic E-state index is 13.9. The summed E-state index contributed by atoms with van der Waals surface area (Å²) in [6.45, 7) is 4.93. The van der Waals surface area contributed by atoms with Crippen LogP contribution in [0.3, 0.4) is 0 Å². The van der Waals surface area contributed by atoms with E-state index in [0.29, 0.717) is 5.01 Å². The van der Waals surface area contributed by atoms with Gasteiger partial charge in [0.1, 0.15) is 10.6 Å². The number of benzene rings is 2. The molecule has 3 aromatic rings. The van der Waals surface area contributed by atoms with Gasteiger partial charge < -0.3 is 9.47 Å². The van der Waals surface area contributed by atoms with Crippen LogP contribution in [0.25, 0.3) is 10.2 Å². The quantitative estimate of drug-likeness (QED) is 0.312. The lowest BCUT2D eigenvalue weighted by Gasteiger charge is -2.39. The molecule has 9 heteroatoms. The highest BCUT2D eigenvalue weighted by molar-refractivity contribution is 7.18. The van der Waals surface area contributed by atoms with E-state index in [1.165, 1.54) is 23.5 Å². The molecule has 0 fully saturated rings. The number of carbonyl (C=O) groups is 4. The van der Waals surface area contributed by atoms with Gasteiger partial charge in [0, 0.05) is 5.56 Å². The number of methoxy groups -OCH3 is 1. The minimum Gasteiger partial charge on any atom is -0.468 e. The van der Waals surface area contributed by atoms with Crippen molar-refractivity contribution >= 4 is 45.3 Å². The lowest BCUT2D eigenvalue weighted by Crippen LogP contribution is -2.59. The molecular weight excluding hydrogens is 456 g/mol. The highest BCUT2D eigenvalue weighted by Gasteiger charge is 2.58. The molecule has 8 nitrogen and oxygen atoms in total. The van der Waals surface area contributed by atoms with E-state index in [2.05, 4.69) is 4.98 Å². The molecular formula is C25H24N2O6S. The Bertz CT molecular complexity index is 1270. The van der Waals surface area contributed by atoms with Crippen LogP contribution < -0.4 is 0 Å². The summed E-state index contributed by atoms with van der Waals surface area (Å²) < 4.78 is 11.4. The Morgan fingerprint density at radius 1 is 1.06 bits per heavy atom. The van der Waals surface area contributed by atoms with Gasteiger partial charge in [-0.25, -0.2) is 4.98 Å². The molecule has 2 amide bonds. The number of para-hydroxylation sites is 1. The Kier molecular flexibility index (Phi) is 5.99. The molecule has 1 aliphatic rings. The predicted octanol–water partition coefficient (Wildman–Crippen LogP) is 3.62. The first kappa shape index (κ1) is 23.6. The second-order valence-corrected chi connectivity index (χ2v) is 10.1. The summed E-state index contributed by atoms with van der Waals surface area (Å²) in [4.78, 5) is 58.9. The van der Waals surface area contributed by atoms with Crippen molar-refractivity contribution in [1.82, 2.24) is 9.88 Å². The number of carbonyl (C=O) groups excluding carboxylic acids is 4. The van der Waals surface area contributed by atoms with Gasteiger partial charge in [0.25, 0.3) is 11.8 Å². The number of nitrogens with zero attached hydrogens (tertiary/aromatic N) is 2. The Labute approximate surface area is 200 Å². The molecule has 0 radical (unpaired) electrons. The van der Waals surface area contributed by atoms with Gasteiger partial charge in [0.2, 0.25) is 0 Å². The van der Waals surface area contributed by atoms with Crippen LogP contribution in [-0.2, 0) is 35.8 Å². The normalized spacial score (nSPS) is 18.1. The van der Waals surface area contributed by atoms with Crippen LogP contribution in [0.15, 0.2) is 48.5 Å². The lowest BCUT2D eigenvalue weighted by molar-refractivity contribution is -0.167. The van der Waals surface area contributed by atoms with E-state index >= 15 is 0 Å². The number of amides is 2. The maximum absolute atomic E-state index is 13.9. The summed E-state index contributed by atoms with van der Waals surface area (Å²) in [6.07, 6.45) is -0.601. The Hall–Kier alpha value is -3.59. The first-order chi connectivity index (χ1) is 16.1. The summed E-state index contributed by atoms with van der Waals surface area (Å²) in [6, 6.07) is 13.7. The second-order valence-electron chi connectivity index (χ2n) is 8.98. The number of hydrogen-bond donors (Lipinski definition) is 0. The van der Waals surface area contributed by atoms with E-state index < -0.39 is 41.2 Å². The molecule has 0 spiro atoms. The van der Waals surface area contributed by atoms with Crippen molar-refractivity contribution in [2.24, 2.45) is 0 Å². The Balaban J connectivity index is 1.82. The van der Waals surface area contributed by atoms with Gasteiger partial charge in [-0.2, -0.15) is 0 Å². The van der Waals surface area contributed by atoms with Crippen molar-refractivity contribution in [3.05, 3.63) is 64.7 Å². The molecule has 0 saturated carbocycles. The number of aromatic nitrogens is 1. The fraction of sp³-hybridized carbons (Fsp3) is 0.320. The SMILES string of the molecule is COC(=O)C1(CC(=O)OC(C)(C)C)C(=O)N(Cc2nc3ccccc3s2)C(=O)c2ccccc21. The van der Waals surface area contributed by atoms with Gasteiger partial charge in [-0.1, -0.05) is 30.3 Å². The second kappa shape index (κ2) is 8.64. The predicted molar refractivity (Wildman–Crippen MR) is 125 cm³/mol. The molecule has 0 aliphatic carbocycles. The van der Waals surface area contributed by atoms with Crippen molar-refractivity contribution in [2.75, 3.05) is 7.11 Å². The van der Waals surface area contributed by atoms with E-state index in [1.807, 2.05) is 24.3 Å². The summed E-state index contributed by atoms with van der Waals surface area (Å²) in [5, 5.41) is 0.526. The number of hydrogen-bond acceptors (Lipinski definition) is 8. The van der Waals surface area contributed by atoms with Crippen LogP contribution in [0.1, 0.15) is 48.1 Å². The van der Waals surface area contributed by atoms with Crippen LogP contribution in [0, 0.1) is 0 Å². The van der Waals surface area contributed by atoms with E-state index in [9.17, 15) is 19.2 Å². The number of ether oxygens (including phenoxy) is 2. The average Bonchev–Trinajstić information content (AvgIpc) is 3.20. The van der Waals surface area contributed by atoms with Crippen LogP contribution >= 0.6 is 11.3 Å². The smallest absolute Gasteiger partial charge is 0.326 e. The van der Waals surface area contributed by atoms with E-state index in [4.69, 9.17) is 9.47 Å². The van der Waals surface area contributed by atoms with Crippen LogP contribution in [0.4, 0.5) is 0 Å².